The first kappa shape index (κ1) is 19.4. The first-order valence-electron chi connectivity index (χ1n) is 10.6. The minimum Gasteiger partial charge on any atom is -0.346 e. The van der Waals surface area contributed by atoms with Crippen molar-refractivity contribution < 1.29 is 4.79 Å². The zero-order chi connectivity index (χ0) is 21.4. The molecule has 8 nitrogen and oxygen atoms in total. The summed E-state index contributed by atoms with van der Waals surface area (Å²) < 4.78 is 3.81. The Labute approximate surface area is 180 Å². The Morgan fingerprint density at radius 3 is 2.77 bits per heavy atom. The van der Waals surface area contributed by atoms with Crippen LogP contribution < -0.4 is 5.32 Å². The van der Waals surface area contributed by atoms with Gasteiger partial charge < -0.3 is 9.88 Å². The minimum absolute atomic E-state index is 0.210. The molecule has 31 heavy (non-hydrogen) atoms. The number of nitrogens with zero attached hydrogens (tertiary/aromatic N) is 6. The van der Waals surface area contributed by atoms with Crippen LogP contribution in [0.15, 0.2) is 43.1 Å². The number of carbonyl (C=O) groups excluding carboxylic acids is 1. The maximum atomic E-state index is 13.0. The standard InChI is InChI=1S/C23H25N7O/c1-29-14-18(13-27-29)17-9-15(10-24-12-17)11-26-23(31)20-21-19(7-8-25-20)28-22(30(21)2)16-5-3-4-6-16/h7-10,12-14,16H,3-6,11H2,1-2H3,(H,26,31). The third-order valence-corrected chi connectivity index (χ3v) is 6.04. The average Bonchev–Trinajstić information content (AvgIpc) is 3.53. The maximum absolute atomic E-state index is 13.0. The van der Waals surface area contributed by atoms with E-state index in [0.717, 1.165) is 46.4 Å². The van der Waals surface area contributed by atoms with Crippen LogP contribution in [0.5, 0.6) is 0 Å². The van der Waals surface area contributed by atoms with Gasteiger partial charge in [-0.05, 0) is 30.5 Å². The highest BCUT2D eigenvalue weighted by Crippen LogP contribution is 2.35. The number of carbonyl (C=O) groups is 1. The van der Waals surface area contributed by atoms with E-state index in [1.165, 1.54) is 12.8 Å². The van der Waals surface area contributed by atoms with Crippen LogP contribution in [0.4, 0.5) is 0 Å². The van der Waals surface area contributed by atoms with E-state index >= 15 is 0 Å². The molecule has 0 bridgehead atoms. The minimum atomic E-state index is -0.210. The molecule has 0 radical (unpaired) electrons. The lowest BCUT2D eigenvalue weighted by Crippen LogP contribution is -2.24. The van der Waals surface area contributed by atoms with Gasteiger partial charge in [0.15, 0.2) is 5.69 Å². The van der Waals surface area contributed by atoms with E-state index in [4.69, 9.17) is 4.98 Å². The number of hydrogen-bond acceptors (Lipinski definition) is 5. The average molecular weight is 416 g/mol. The molecule has 1 N–H and O–H groups in total. The molecule has 0 spiro atoms. The molecule has 0 atom stereocenters. The van der Waals surface area contributed by atoms with Crippen LogP contribution in [0.25, 0.3) is 22.2 Å². The molecule has 1 amide bonds. The molecule has 4 heterocycles. The van der Waals surface area contributed by atoms with Crippen molar-refractivity contribution in [1.82, 2.24) is 34.6 Å². The number of rotatable bonds is 5. The van der Waals surface area contributed by atoms with E-state index in [9.17, 15) is 4.79 Å². The number of nitrogens with one attached hydrogen (secondary N) is 1. The summed E-state index contributed by atoms with van der Waals surface area (Å²) >= 11 is 0. The molecular weight excluding hydrogens is 390 g/mol. The molecule has 5 rings (SSSR count). The summed E-state index contributed by atoms with van der Waals surface area (Å²) in [6, 6.07) is 3.90. The number of pyridine rings is 2. The van der Waals surface area contributed by atoms with Gasteiger partial charge in [-0.25, -0.2) is 9.97 Å². The van der Waals surface area contributed by atoms with Gasteiger partial charge in [-0.3, -0.25) is 14.5 Å². The van der Waals surface area contributed by atoms with E-state index in [0.29, 0.717) is 18.2 Å². The van der Waals surface area contributed by atoms with Crippen LogP contribution in [0, 0.1) is 0 Å². The second kappa shape index (κ2) is 7.94. The Balaban J connectivity index is 1.37. The van der Waals surface area contributed by atoms with Gasteiger partial charge in [-0.15, -0.1) is 0 Å². The summed E-state index contributed by atoms with van der Waals surface area (Å²) in [5.41, 5.74) is 4.90. The van der Waals surface area contributed by atoms with Gasteiger partial charge in [0.2, 0.25) is 0 Å². The molecule has 0 saturated heterocycles. The second-order valence-corrected chi connectivity index (χ2v) is 8.20. The molecular formula is C23H25N7O. The van der Waals surface area contributed by atoms with Crippen molar-refractivity contribution in [2.75, 3.05) is 0 Å². The molecule has 0 aliphatic heterocycles. The Morgan fingerprint density at radius 2 is 2.00 bits per heavy atom. The molecule has 1 aliphatic rings. The van der Waals surface area contributed by atoms with Gasteiger partial charge in [0.1, 0.15) is 5.82 Å². The van der Waals surface area contributed by atoms with Crippen molar-refractivity contribution in [3.05, 3.63) is 60.2 Å². The van der Waals surface area contributed by atoms with Crippen molar-refractivity contribution >= 4 is 16.9 Å². The number of amides is 1. The van der Waals surface area contributed by atoms with Crippen LogP contribution >= 0.6 is 0 Å². The summed E-state index contributed by atoms with van der Waals surface area (Å²) in [4.78, 5) is 26.6. The SMILES string of the molecule is Cn1cc(-c2cncc(CNC(=O)c3nccc4nc(C5CCCC5)n(C)c34)c2)cn1. The molecule has 4 aromatic rings. The summed E-state index contributed by atoms with van der Waals surface area (Å²) in [6.45, 7) is 0.366. The molecule has 1 aliphatic carbocycles. The number of imidazole rings is 1. The van der Waals surface area contributed by atoms with Crippen LogP contribution in [0.2, 0.25) is 0 Å². The quantitative estimate of drug-likeness (QED) is 0.540. The number of fused-ring (bicyclic) bond motifs is 1. The summed E-state index contributed by atoms with van der Waals surface area (Å²) in [5, 5.41) is 7.20. The van der Waals surface area contributed by atoms with E-state index in [1.54, 1.807) is 29.5 Å². The summed E-state index contributed by atoms with van der Waals surface area (Å²) in [7, 11) is 3.87. The molecule has 1 fully saturated rings. The first-order chi connectivity index (χ1) is 15.1. The van der Waals surface area contributed by atoms with Crippen molar-refractivity contribution in [3.63, 3.8) is 0 Å². The van der Waals surface area contributed by atoms with E-state index in [2.05, 4.69) is 25.0 Å². The third-order valence-electron chi connectivity index (χ3n) is 6.04. The largest absolute Gasteiger partial charge is 0.346 e. The van der Waals surface area contributed by atoms with Gasteiger partial charge in [0.05, 0.1) is 17.2 Å². The zero-order valence-corrected chi connectivity index (χ0v) is 17.7. The highest BCUT2D eigenvalue weighted by atomic mass is 16.1. The number of hydrogen-bond donors (Lipinski definition) is 1. The maximum Gasteiger partial charge on any atom is 0.272 e. The van der Waals surface area contributed by atoms with Gasteiger partial charge in [0.25, 0.3) is 5.91 Å². The molecule has 4 aromatic heterocycles. The normalized spacial score (nSPS) is 14.4. The first-order valence-corrected chi connectivity index (χ1v) is 10.6. The fourth-order valence-electron chi connectivity index (χ4n) is 4.47. The van der Waals surface area contributed by atoms with Crippen molar-refractivity contribution in [2.24, 2.45) is 14.1 Å². The fraction of sp³-hybridized carbons (Fsp3) is 0.348. The van der Waals surface area contributed by atoms with E-state index in [1.807, 2.05) is 32.4 Å². The fourth-order valence-corrected chi connectivity index (χ4v) is 4.47. The topological polar surface area (TPSA) is 90.5 Å². The van der Waals surface area contributed by atoms with Crippen molar-refractivity contribution in [3.8, 4) is 11.1 Å². The molecule has 158 valence electrons. The molecule has 8 heteroatoms. The second-order valence-electron chi connectivity index (χ2n) is 8.20. The summed E-state index contributed by atoms with van der Waals surface area (Å²) in [5.74, 6) is 1.32. The third kappa shape index (κ3) is 3.69. The Hall–Kier alpha value is -3.55. The Morgan fingerprint density at radius 1 is 1.16 bits per heavy atom. The van der Waals surface area contributed by atoms with E-state index in [-0.39, 0.29) is 5.91 Å². The smallest absolute Gasteiger partial charge is 0.272 e. The van der Waals surface area contributed by atoms with Gasteiger partial charge >= 0.3 is 0 Å². The predicted octanol–water partition coefficient (Wildman–Crippen LogP) is 3.35. The van der Waals surface area contributed by atoms with Crippen molar-refractivity contribution in [1.29, 1.82) is 0 Å². The van der Waals surface area contributed by atoms with E-state index < -0.39 is 0 Å². The van der Waals surface area contributed by atoms with Crippen molar-refractivity contribution in [2.45, 2.75) is 38.1 Å². The summed E-state index contributed by atoms with van der Waals surface area (Å²) in [6.07, 6.45) is 13.8. The molecule has 0 unspecified atom stereocenters. The lowest BCUT2D eigenvalue weighted by molar-refractivity contribution is 0.0947. The highest BCUT2D eigenvalue weighted by Gasteiger charge is 2.25. The van der Waals surface area contributed by atoms with Crippen LogP contribution in [-0.2, 0) is 20.6 Å². The number of aromatic nitrogens is 6. The van der Waals surface area contributed by atoms with Gasteiger partial charge in [-0.1, -0.05) is 12.8 Å². The molecule has 0 aromatic carbocycles. The zero-order valence-electron chi connectivity index (χ0n) is 17.7. The van der Waals surface area contributed by atoms with Crippen LogP contribution in [0.3, 0.4) is 0 Å². The highest BCUT2D eigenvalue weighted by molar-refractivity contribution is 6.03. The lowest BCUT2D eigenvalue weighted by Gasteiger charge is -2.10. The monoisotopic (exact) mass is 415 g/mol. The number of aryl methyl sites for hydroxylation is 2. The van der Waals surface area contributed by atoms with Gasteiger partial charge in [-0.2, -0.15) is 5.10 Å². The predicted molar refractivity (Wildman–Crippen MR) is 117 cm³/mol. The Bertz CT molecular complexity index is 1250. The van der Waals surface area contributed by atoms with Crippen LogP contribution in [-0.4, -0.2) is 35.2 Å². The van der Waals surface area contributed by atoms with Crippen LogP contribution in [0.1, 0.15) is 53.5 Å². The lowest BCUT2D eigenvalue weighted by atomic mass is 10.1. The van der Waals surface area contributed by atoms with Gasteiger partial charge in [0, 0.05) is 62.5 Å². The molecule has 1 saturated carbocycles. The Kier molecular flexibility index (Phi) is 4.97.